The van der Waals surface area contributed by atoms with E-state index in [-0.39, 0.29) is 11.6 Å². The van der Waals surface area contributed by atoms with Crippen molar-refractivity contribution in [1.29, 1.82) is 0 Å². The Balaban J connectivity index is 1.70. The van der Waals surface area contributed by atoms with E-state index in [0.29, 0.717) is 23.8 Å². The van der Waals surface area contributed by atoms with Crippen molar-refractivity contribution in [2.24, 2.45) is 0 Å². The molecule has 0 saturated carbocycles. The van der Waals surface area contributed by atoms with Crippen molar-refractivity contribution in [2.75, 3.05) is 17.7 Å². The summed E-state index contributed by atoms with van der Waals surface area (Å²) in [4.78, 5) is 20.7. The average Bonchev–Trinajstić information content (AvgIpc) is 2.68. The predicted octanol–water partition coefficient (Wildman–Crippen LogP) is 3.66. The number of carbonyl (C=O) groups excluding carboxylic acids is 1. The lowest BCUT2D eigenvalue weighted by Gasteiger charge is -2.11. The molecule has 0 bridgehead atoms. The number of ether oxygens (including phenoxy) is 1. The number of hydrogen-bond donors (Lipinski definition) is 2. The van der Waals surface area contributed by atoms with Gasteiger partial charge in [0.2, 0.25) is 0 Å². The number of nitrogens with one attached hydrogen (secondary N) is 2. The van der Waals surface area contributed by atoms with E-state index in [1.54, 1.807) is 25.3 Å². The van der Waals surface area contributed by atoms with E-state index >= 15 is 0 Å². The lowest BCUT2D eigenvalue weighted by molar-refractivity contribution is 0.102. The quantitative estimate of drug-likeness (QED) is 0.711. The van der Waals surface area contributed by atoms with E-state index in [2.05, 4.69) is 39.7 Å². The maximum atomic E-state index is 12.5. The van der Waals surface area contributed by atoms with Gasteiger partial charge in [0.15, 0.2) is 0 Å². The second-order valence-electron chi connectivity index (χ2n) is 5.72. The Kier molecular flexibility index (Phi) is 5.43. The fourth-order valence-corrected chi connectivity index (χ4v) is 2.51. The van der Waals surface area contributed by atoms with Crippen LogP contribution in [0, 0.1) is 6.92 Å². The molecule has 1 heterocycles. The Morgan fingerprint density at radius 3 is 2.65 bits per heavy atom. The van der Waals surface area contributed by atoms with Crippen molar-refractivity contribution in [3.63, 3.8) is 0 Å². The van der Waals surface area contributed by atoms with Crippen LogP contribution in [0.5, 0.6) is 5.75 Å². The molecule has 132 valence electrons. The van der Waals surface area contributed by atoms with Crippen molar-refractivity contribution in [3.05, 3.63) is 77.7 Å². The summed E-state index contributed by atoms with van der Waals surface area (Å²) in [6.07, 6.45) is 1.37. The zero-order valence-corrected chi connectivity index (χ0v) is 14.7. The number of aryl methyl sites for hydroxylation is 1. The van der Waals surface area contributed by atoms with E-state index in [1.165, 1.54) is 17.5 Å². The molecule has 0 aliphatic heterocycles. The molecule has 0 aliphatic carbocycles. The molecule has 1 amide bonds. The van der Waals surface area contributed by atoms with Crippen LogP contribution >= 0.6 is 0 Å². The zero-order valence-electron chi connectivity index (χ0n) is 14.7. The molecule has 6 heteroatoms. The molecule has 0 unspecified atom stereocenters. The number of benzene rings is 2. The molecule has 3 rings (SSSR count). The summed E-state index contributed by atoms with van der Waals surface area (Å²) >= 11 is 0. The molecule has 0 atom stereocenters. The van der Waals surface area contributed by atoms with Crippen molar-refractivity contribution in [1.82, 2.24) is 9.97 Å². The molecule has 2 N–H and O–H groups in total. The summed E-state index contributed by atoms with van der Waals surface area (Å²) in [7, 11) is 1.56. The topological polar surface area (TPSA) is 76.1 Å². The van der Waals surface area contributed by atoms with Gasteiger partial charge in [-0.1, -0.05) is 36.4 Å². The van der Waals surface area contributed by atoms with E-state index in [9.17, 15) is 4.79 Å². The summed E-state index contributed by atoms with van der Waals surface area (Å²) in [6, 6.07) is 17.0. The number of para-hydroxylation sites is 2. The summed E-state index contributed by atoms with van der Waals surface area (Å²) in [5.74, 6) is 0.858. The number of hydrogen-bond acceptors (Lipinski definition) is 5. The third-order valence-corrected chi connectivity index (χ3v) is 3.98. The van der Waals surface area contributed by atoms with Gasteiger partial charge in [0.25, 0.3) is 5.91 Å². The maximum Gasteiger partial charge on any atom is 0.274 e. The summed E-state index contributed by atoms with van der Waals surface area (Å²) in [5, 5.41) is 6.03. The molecule has 0 aliphatic rings. The van der Waals surface area contributed by atoms with Gasteiger partial charge in [0.1, 0.15) is 23.6 Å². The highest BCUT2D eigenvalue weighted by molar-refractivity contribution is 6.04. The standard InChI is InChI=1S/C20H20N4O2/c1-14-7-3-4-8-15(14)12-21-19-11-17(22-13-23-19)20(25)24-16-9-5-6-10-18(16)26-2/h3-11,13H,12H2,1-2H3,(H,24,25)(H,21,22,23). The highest BCUT2D eigenvalue weighted by Gasteiger charge is 2.11. The molecule has 6 nitrogen and oxygen atoms in total. The third kappa shape index (κ3) is 4.16. The molecule has 1 aromatic heterocycles. The number of aromatic nitrogens is 2. The lowest BCUT2D eigenvalue weighted by atomic mass is 10.1. The van der Waals surface area contributed by atoms with E-state index < -0.39 is 0 Å². The SMILES string of the molecule is COc1ccccc1NC(=O)c1cc(NCc2ccccc2C)ncn1. The first kappa shape index (κ1) is 17.4. The second-order valence-corrected chi connectivity index (χ2v) is 5.72. The average molecular weight is 348 g/mol. The van der Waals surface area contributed by atoms with Gasteiger partial charge in [-0.25, -0.2) is 9.97 Å². The van der Waals surface area contributed by atoms with Gasteiger partial charge in [0, 0.05) is 12.6 Å². The molecule has 2 aromatic carbocycles. The van der Waals surface area contributed by atoms with E-state index in [0.717, 1.165) is 0 Å². The first-order valence-electron chi connectivity index (χ1n) is 8.22. The number of rotatable bonds is 6. The van der Waals surface area contributed by atoms with Gasteiger partial charge < -0.3 is 15.4 Å². The Hall–Kier alpha value is -3.41. The second kappa shape index (κ2) is 8.11. The summed E-state index contributed by atoms with van der Waals surface area (Å²) < 4.78 is 5.24. The van der Waals surface area contributed by atoms with Gasteiger partial charge in [0.05, 0.1) is 12.8 Å². The molecule has 0 fully saturated rings. The van der Waals surface area contributed by atoms with Gasteiger partial charge in [-0.05, 0) is 30.2 Å². The van der Waals surface area contributed by atoms with E-state index in [1.807, 2.05) is 24.3 Å². The summed E-state index contributed by atoms with van der Waals surface area (Å²) in [5.41, 5.74) is 3.24. The Morgan fingerprint density at radius 1 is 1.08 bits per heavy atom. The zero-order chi connectivity index (χ0) is 18.4. The van der Waals surface area contributed by atoms with Gasteiger partial charge >= 0.3 is 0 Å². The predicted molar refractivity (Wildman–Crippen MR) is 101 cm³/mol. The smallest absolute Gasteiger partial charge is 0.274 e. The van der Waals surface area contributed by atoms with Crippen LogP contribution in [0.3, 0.4) is 0 Å². The lowest BCUT2D eigenvalue weighted by Crippen LogP contribution is -2.15. The van der Waals surface area contributed by atoms with Crippen molar-refractivity contribution >= 4 is 17.4 Å². The highest BCUT2D eigenvalue weighted by Crippen LogP contribution is 2.23. The van der Waals surface area contributed by atoms with Crippen LogP contribution in [0.2, 0.25) is 0 Å². The molecule has 0 spiro atoms. The largest absolute Gasteiger partial charge is 0.495 e. The van der Waals surface area contributed by atoms with Gasteiger partial charge in [-0.3, -0.25) is 4.79 Å². The molecular formula is C20H20N4O2. The minimum Gasteiger partial charge on any atom is -0.495 e. The van der Waals surface area contributed by atoms with Crippen LogP contribution in [0.4, 0.5) is 11.5 Å². The number of anilines is 2. The normalized spacial score (nSPS) is 10.2. The third-order valence-electron chi connectivity index (χ3n) is 3.98. The molecule has 26 heavy (non-hydrogen) atoms. The van der Waals surface area contributed by atoms with Crippen molar-refractivity contribution in [3.8, 4) is 5.75 Å². The molecule has 0 saturated heterocycles. The van der Waals surface area contributed by atoms with Crippen LogP contribution in [0.25, 0.3) is 0 Å². The van der Waals surface area contributed by atoms with Crippen LogP contribution in [-0.2, 0) is 6.54 Å². The molecular weight excluding hydrogens is 328 g/mol. The molecule has 0 radical (unpaired) electrons. The van der Waals surface area contributed by atoms with E-state index in [4.69, 9.17) is 4.74 Å². The van der Waals surface area contributed by atoms with Crippen molar-refractivity contribution < 1.29 is 9.53 Å². The minimum absolute atomic E-state index is 0.276. The first-order valence-corrected chi connectivity index (χ1v) is 8.22. The Morgan fingerprint density at radius 2 is 1.85 bits per heavy atom. The van der Waals surface area contributed by atoms with Crippen LogP contribution in [0.1, 0.15) is 21.6 Å². The van der Waals surface area contributed by atoms with Crippen LogP contribution in [0.15, 0.2) is 60.9 Å². The monoisotopic (exact) mass is 348 g/mol. The number of carbonyl (C=O) groups is 1. The Labute approximate surface area is 152 Å². The van der Waals surface area contributed by atoms with Gasteiger partial charge in [-0.15, -0.1) is 0 Å². The number of nitrogens with zero attached hydrogens (tertiary/aromatic N) is 2. The minimum atomic E-state index is -0.323. The van der Waals surface area contributed by atoms with Crippen LogP contribution < -0.4 is 15.4 Å². The highest BCUT2D eigenvalue weighted by atomic mass is 16.5. The fourth-order valence-electron chi connectivity index (χ4n) is 2.51. The molecule has 3 aromatic rings. The fraction of sp³-hybridized carbons (Fsp3) is 0.150. The number of methoxy groups -OCH3 is 1. The first-order chi connectivity index (χ1) is 12.7. The maximum absolute atomic E-state index is 12.5. The summed E-state index contributed by atoms with van der Waals surface area (Å²) in [6.45, 7) is 2.68. The number of amides is 1. The van der Waals surface area contributed by atoms with Crippen LogP contribution in [-0.4, -0.2) is 23.0 Å². The van der Waals surface area contributed by atoms with Crippen molar-refractivity contribution in [2.45, 2.75) is 13.5 Å². The van der Waals surface area contributed by atoms with Gasteiger partial charge in [-0.2, -0.15) is 0 Å². The Bertz CT molecular complexity index is 912.